The molecule has 0 radical (unpaired) electrons. The van der Waals surface area contributed by atoms with Gasteiger partial charge < -0.3 is 20.3 Å². The van der Waals surface area contributed by atoms with E-state index in [0.717, 1.165) is 33.7 Å². The molecule has 2 N–H and O–H groups in total. The third-order valence-electron chi connectivity index (χ3n) is 7.11. The summed E-state index contributed by atoms with van der Waals surface area (Å²) in [6.45, 7) is 7.73. The lowest BCUT2D eigenvalue weighted by Crippen LogP contribution is -2.47. The van der Waals surface area contributed by atoms with E-state index in [4.69, 9.17) is 16.3 Å². The number of ether oxygens (including phenoxy) is 1. The molecule has 222 valence electrons. The monoisotopic (exact) mass is 608 g/mol. The molecule has 4 rings (SSSR count). The van der Waals surface area contributed by atoms with Crippen molar-refractivity contribution >= 4 is 52.6 Å². The molecule has 3 aromatic carbocycles. The van der Waals surface area contributed by atoms with E-state index in [1.807, 2.05) is 57.4 Å². The third kappa shape index (κ3) is 7.27. The Balaban J connectivity index is 1.54. The fraction of sp³-hybridized carbons (Fsp3) is 0.344. The van der Waals surface area contributed by atoms with E-state index >= 15 is 0 Å². The van der Waals surface area contributed by atoms with Gasteiger partial charge >= 0.3 is 6.03 Å². The molecule has 8 nitrogen and oxygen atoms in total. The molecular formula is C32H37ClN4O4S. The second kappa shape index (κ2) is 14.1. The van der Waals surface area contributed by atoms with Crippen LogP contribution in [0.25, 0.3) is 0 Å². The average Bonchev–Trinajstić information content (AvgIpc) is 2.94. The van der Waals surface area contributed by atoms with Crippen LogP contribution in [-0.4, -0.2) is 61.1 Å². The smallest absolute Gasteiger partial charge is 0.325 e. The van der Waals surface area contributed by atoms with Crippen LogP contribution in [0, 0.1) is 13.8 Å². The number of aryl methyl sites for hydroxylation is 2. The van der Waals surface area contributed by atoms with Crippen LogP contribution in [0.5, 0.6) is 0 Å². The molecule has 0 fully saturated rings. The zero-order valence-electron chi connectivity index (χ0n) is 24.6. The Hall–Kier alpha value is -3.53. The molecule has 0 aromatic heterocycles. The van der Waals surface area contributed by atoms with Crippen LogP contribution in [0.1, 0.15) is 49.9 Å². The highest BCUT2D eigenvalue weighted by molar-refractivity contribution is 7.98. The SMILES string of the molecule is COCCN1Cc2cc(C)ccc2N(Cc2ccc(NC(=O)c3cccc(Cl)c3C(=O)N[C@@H](C)CSC)c(C)c2)C1=O. The van der Waals surface area contributed by atoms with Crippen molar-refractivity contribution in [3.63, 3.8) is 0 Å². The first-order valence-electron chi connectivity index (χ1n) is 13.8. The fourth-order valence-electron chi connectivity index (χ4n) is 5.05. The van der Waals surface area contributed by atoms with Gasteiger partial charge in [0.15, 0.2) is 0 Å². The summed E-state index contributed by atoms with van der Waals surface area (Å²) < 4.78 is 5.23. The van der Waals surface area contributed by atoms with Crippen LogP contribution in [0.4, 0.5) is 16.2 Å². The van der Waals surface area contributed by atoms with E-state index < -0.39 is 5.91 Å². The predicted molar refractivity (Wildman–Crippen MR) is 171 cm³/mol. The number of benzene rings is 3. The largest absolute Gasteiger partial charge is 0.383 e. The van der Waals surface area contributed by atoms with Crippen molar-refractivity contribution in [3.05, 3.63) is 93.0 Å². The number of hydrogen-bond donors (Lipinski definition) is 2. The van der Waals surface area contributed by atoms with Crippen LogP contribution in [0.15, 0.2) is 54.6 Å². The lowest BCUT2D eigenvalue weighted by molar-refractivity contribution is 0.0931. The van der Waals surface area contributed by atoms with Gasteiger partial charge in [0.25, 0.3) is 11.8 Å². The maximum Gasteiger partial charge on any atom is 0.325 e. The number of amides is 4. The van der Waals surface area contributed by atoms with Crippen molar-refractivity contribution in [1.29, 1.82) is 0 Å². The molecule has 10 heteroatoms. The normalized spacial score (nSPS) is 13.5. The Morgan fingerprint density at radius 1 is 1.10 bits per heavy atom. The van der Waals surface area contributed by atoms with Crippen LogP contribution in [0.3, 0.4) is 0 Å². The predicted octanol–water partition coefficient (Wildman–Crippen LogP) is 6.28. The van der Waals surface area contributed by atoms with Crippen LogP contribution in [0.2, 0.25) is 5.02 Å². The fourth-order valence-corrected chi connectivity index (χ4v) is 5.89. The lowest BCUT2D eigenvalue weighted by atomic mass is 10.0. The number of nitrogens with zero attached hydrogens (tertiary/aromatic N) is 2. The van der Waals surface area contributed by atoms with Gasteiger partial charge in [0.2, 0.25) is 0 Å². The van der Waals surface area contributed by atoms with Gasteiger partial charge in [0, 0.05) is 37.7 Å². The van der Waals surface area contributed by atoms with E-state index in [9.17, 15) is 14.4 Å². The molecule has 0 spiro atoms. The minimum atomic E-state index is -0.430. The van der Waals surface area contributed by atoms with Crippen molar-refractivity contribution < 1.29 is 19.1 Å². The van der Waals surface area contributed by atoms with E-state index in [1.165, 1.54) is 0 Å². The van der Waals surface area contributed by atoms with Crippen molar-refractivity contribution in [2.45, 2.75) is 39.9 Å². The van der Waals surface area contributed by atoms with Gasteiger partial charge in [-0.3, -0.25) is 14.5 Å². The molecule has 1 heterocycles. The highest BCUT2D eigenvalue weighted by Gasteiger charge is 2.30. The molecule has 1 atom stereocenters. The molecule has 1 aliphatic rings. The number of hydrogen-bond acceptors (Lipinski definition) is 5. The maximum atomic E-state index is 13.4. The number of carbonyl (C=O) groups excluding carboxylic acids is 3. The van der Waals surface area contributed by atoms with Crippen LogP contribution < -0.4 is 15.5 Å². The van der Waals surface area contributed by atoms with Gasteiger partial charge in [0.05, 0.1) is 35.0 Å². The summed E-state index contributed by atoms with van der Waals surface area (Å²) in [5.41, 5.74) is 5.82. The Morgan fingerprint density at radius 2 is 1.88 bits per heavy atom. The number of carbonyl (C=O) groups is 3. The standard InChI is InChI=1S/C32H37ClN4O4S/c1-20-9-12-28-24(15-20)18-36(13-14-41-4)32(40)37(28)17-23-10-11-27(21(2)16-23)35-30(38)25-7-6-8-26(33)29(25)31(39)34-22(3)19-42-5/h6-12,15-16,22H,13-14,17-19H2,1-5H3,(H,34,39)(H,35,38)/t22-/m0/s1. The number of fused-ring (bicyclic) bond motifs is 1. The summed E-state index contributed by atoms with van der Waals surface area (Å²) in [7, 11) is 1.63. The van der Waals surface area contributed by atoms with Crippen molar-refractivity contribution in [2.75, 3.05) is 42.5 Å². The van der Waals surface area contributed by atoms with Gasteiger partial charge in [-0.1, -0.05) is 47.5 Å². The Labute approximate surface area is 256 Å². The van der Waals surface area contributed by atoms with E-state index in [-0.39, 0.29) is 34.1 Å². The van der Waals surface area contributed by atoms with Gasteiger partial charge in [0.1, 0.15) is 0 Å². The molecule has 3 aromatic rings. The number of rotatable bonds is 11. The van der Waals surface area contributed by atoms with Crippen LogP contribution in [-0.2, 0) is 17.8 Å². The quantitative estimate of drug-likeness (QED) is 0.267. The van der Waals surface area contributed by atoms with Crippen LogP contribution >= 0.6 is 23.4 Å². The summed E-state index contributed by atoms with van der Waals surface area (Å²) in [6.07, 6.45) is 1.96. The number of halogens is 1. The zero-order valence-corrected chi connectivity index (χ0v) is 26.2. The second-order valence-electron chi connectivity index (χ2n) is 10.5. The lowest BCUT2D eigenvalue weighted by Gasteiger charge is -2.37. The topological polar surface area (TPSA) is 91.0 Å². The van der Waals surface area contributed by atoms with E-state index in [0.29, 0.717) is 31.9 Å². The molecule has 0 saturated carbocycles. The molecule has 0 bridgehead atoms. The average molecular weight is 609 g/mol. The summed E-state index contributed by atoms with van der Waals surface area (Å²) in [5.74, 6) is -0.0798. The maximum absolute atomic E-state index is 13.4. The number of nitrogens with one attached hydrogen (secondary N) is 2. The Kier molecular flexibility index (Phi) is 10.5. The Morgan fingerprint density at radius 3 is 2.60 bits per heavy atom. The third-order valence-corrected chi connectivity index (χ3v) is 8.26. The molecule has 4 amide bonds. The molecule has 42 heavy (non-hydrogen) atoms. The summed E-state index contributed by atoms with van der Waals surface area (Å²) in [6, 6.07) is 16.5. The van der Waals surface area contributed by atoms with Crippen molar-refractivity contribution in [3.8, 4) is 0 Å². The minimum absolute atomic E-state index is 0.0722. The van der Waals surface area contributed by atoms with Gasteiger partial charge in [-0.25, -0.2) is 4.79 Å². The second-order valence-corrected chi connectivity index (χ2v) is 11.8. The van der Waals surface area contributed by atoms with Gasteiger partial charge in [-0.2, -0.15) is 11.8 Å². The highest BCUT2D eigenvalue weighted by atomic mass is 35.5. The highest BCUT2D eigenvalue weighted by Crippen LogP contribution is 2.32. The first-order chi connectivity index (χ1) is 20.1. The first-order valence-corrected chi connectivity index (χ1v) is 15.5. The molecule has 0 unspecified atom stereocenters. The summed E-state index contributed by atoms with van der Waals surface area (Å²) >= 11 is 8.00. The van der Waals surface area contributed by atoms with Gasteiger partial charge in [-0.05, 0) is 68.0 Å². The zero-order chi connectivity index (χ0) is 30.4. The number of thioether (sulfide) groups is 1. The molecule has 0 saturated heterocycles. The molecular weight excluding hydrogens is 572 g/mol. The van der Waals surface area contributed by atoms with Crippen molar-refractivity contribution in [1.82, 2.24) is 10.2 Å². The van der Waals surface area contributed by atoms with Gasteiger partial charge in [-0.15, -0.1) is 0 Å². The van der Waals surface area contributed by atoms with Crippen molar-refractivity contribution in [2.24, 2.45) is 0 Å². The van der Waals surface area contributed by atoms with E-state index in [2.05, 4.69) is 16.7 Å². The Bertz CT molecular complexity index is 1480. The first kappa shape index (κ1) is 31.4. The molecule has 0 aliphatic carbocycles. The summed E-state index contributed by atoms with van der Waals surface area (Å²) in [5, 5.41) is 6.06. The minimum Gasteiger partial charge on any atom is -0.383 e. The number of methoxy groups -OCH3 is 1. The summed E-state index contributed by atoms with van der Waals surface area (Å²) in [4.78, 5) is 43.4. The molecule has 1 aliphatic heterocycles. The van der Waals surface area contributed by atoms with E-state index in [1.54, 1.807) is 46.9 Å². The number of anilines is 2. The number of urea groups is 1.